The molecule has 1 N–H and O–H groups in total. The lowest BCUT2D eigenvalue weighted by Crippen LogP contribution is -2.40. The van der Waals surface area contributed by atoms with E-state index in [9.17, 15) is 0 Å². The monoisotopic (exact) mass is 383 g/mol. The van der Waals surface area contributed by atoms with E-state index in [1.807, 2.05) is 25.1 Å². The molecule has 2 aromatic rings. The summed E-state index contributed by atoms with van der Waals surface area (Å²) in [7, 11) is 4.05. The summed E-state index contributed by atoms with van der Waals surface area (Å²) in [6, 6.07) is 10.5. The number of aliphatic imine (C=N–C) groups is 1. The van der Waals surface area contributed by atoms with Crippen LogP contribution in [-0.4, -0.2) is 62.8 Å². The Hall–Kier alpha value is -2.34. The van der Waals surface area contributed by atoms with Gasteiger partial charge in [0.2, 0.25) is 0 Å². The minimum Gasteiger partial charge on any atom is -0.381 e. The highest BCUT2D eigenvalue weighted by Gasteiger charge is 2.24. The number of pyridine rings is 1. The van der Waals surface area contributed by atoms with Crippen molar-refractivity contribution in [2.45, 2.75) is 26.8 Å². The Morgan fingerprint density at radius 3 is 2.89 bits per heavy atom. The predicted octanol–water partition coefficient (Wildman–Crippen LogP) is 3.12. The second-order valence-corrected chi connectivity index (χ2v) is 7.48. The molecule has 0 saturated carbocycles. The summed E-state index contributed by atoms with van der Waals surface area (Å²) in [5.74, 6) is 2.55. The number of anilines is 1. The van der Waals surface area contributed by atoms with E-state index in [0.29, 0.717) is 12.5 Å². The molecule has 1 atom stereocenters. The largest absolute Gasteiger partial charge is 0.381 e. The quantitative estimate of drug-likeness (QED) is 0.588. The van der Waals surface area contributed by atoms with E-state index in [1.54, 1.807) is 0 Å². The summed E-state index contributed by atoms with van der Waals surface area (Å²) < 4.78 is 5.62. The molecule has 1 aromatic heterocycles. The first-order valence-electron chi connectivity index (χ1n) is 10.3. The predicted molar refractivity (Wildman–Crippen MR) is 117 cm³/mol. The topological polar surface area (TPSA) is 53.0 Å². The van der Waals surface area contributed by atoms with Gasteiger partial charge < -0.3 is 19.9 Å². The first-order valence-corrected chi connectivity index (χ1v) is 10.3. The Morgan fingerprint density at radius 1 is 1.32 bits per heavy atom. The number of hydrogen-bond acceptors (Lipinski definition) is 4. The molecule has 28 heavy (non-hydrogen) atoms. The number of nitrogens with one attached hydrogen (secondary N) is 1. The average Bonchev–Trinajstić information content (AvgIpc) is 3.17. The Labute approximate surface area is 168 Å². The van der Waals surface area contributed by atoms with E-state index in [4.69, 9.17) is 14.7 Å². The van der Waals surface area contributed by atoms with Crippen molar-refractivity contribution in [1.29, 1.82) is 0 Å². The van der Waals surface area contributed by atoms with Gasteiger partial charge in [0.15, 0.2) is 5.96 Å². The maximum atomic E-state index is 5.62. The zero-order chi connectivity index (χ0) is 19.9. The molecule has 0 radical (unpaired) electrons. The molecule has 1 aliphatic heterocycles. The van der Waals surface area contributed by atoms with Crippen LogP contribution < -0.4 is 10.2 Å². The second kappa shape index (κ2) is 9.73. The SMILES string of the molecule is CCNC(=NCc1cc(N(C)C)nc2ccccc12)N1CCC(COCC)C1. The molecular formula is C22H33N5O. The minimum absolute atomic E-state index is 0.589. The number of likely N-dealkylation sites (tertiary alicyclic amines) is 1. The van der Waals surface area contributed by atoms with Crippen molar-refractivity contribution in [2.75, 3.05) is 51.8 Å². The molecule has 3 rings (SSSR count). The average molecular weight is 384 g/mol. The molecule has 1 saturated heterocycles. The van der Waals surface area contributed by atoms with Crippen molar-refractivity contribution < 1.29 is 4.74 Å². The van der Waals surface area contributed by atoms with Crippen LogP contribution in [0.2, 0.25) is 0 Å². The molecule has 0 aliphatic carbocycles. The van der Waals surface area contributed by atoms with E-state index >= 15 is 0 Å². The van der Waals surface area contributed by atoms with Gasteiger partial charge in [-0.25, -0.2) is 9.98 Å². The Kier molecular flexibility index (Phi) is 7.09. The van der Waals surface area contributed by atoms with Crippen LogP contribution in [0.5, 0.6) is 0 Å². The lowest BCUT2D eigenvalue weighted by Gasteiger charge is -2.22. The van der Waals surface area contributed by atoms with Crippen LogP contribution in [0.4, 0.5) is 5.82 Å². The molecule has 0 spiro atoms. The fourth-order valence-corrected chi connectivity index (χ4v) is 3.62. The van der Waals surface area contributed by atoms with Gasteiger partial charge >= 0.3 is 0 Å². The first kappa shape index (κ1) is 20.4. The van der Waals surface area contributed by atoms with Crippen LogP contribution in [0.25, 0.3) is 10.9 Å². The van der Waals surface area contributed by atoms with E-state index in [0.717, 1.165) is 56.6 Å². The molecular weight excluding hydrogens is 350 g/mol. The summed E-state index contributed by atoms with van der Waals surface area (Å²) in [6.45, 7) is 9.34. The maximum Gasteiger partial charge on any atom is 0.194 e. The number of hydrogen-bond donors (Lipinski definition) is 1. The summed E-state index contributed by atoms with van der Waals surface area (Å²) >= 11 is 0. The van der Waals surface area contributed by atoms with Crippen LogP contribution in [0.3, 0.4) is 0 Å². The van der Waals surface area contributed by atoms with Crippen molar-refractivity contribution in [1.82, 2.24) is 15.2 Å². The summed E-state index contributed by atoms with van der Waals surface area (Å²) in [6.07, 6.45) is 1.16. The molecule has 2 heterocycles. The van der Waals surface area contributed by atoms with Gasteiger partial charge in [-0.1, -0.05) is 18.2 Å². The van der Waals surface area contributed by atoms with Crippen molar-refractivity contribution in [3.63, 3.8) is 0 Å². The van der Waals surface area contributed by atoms with Gasteiger partial charge in [-0.3, -0.25) is 0 Å². The number of aromatic nitrogens is 1. The van der Waals surface area contributed by atoms with Crippen LogP contribution in [-0.2, 0) is 11.3 Å². The third-order valence-corrected chi connectivity index (χ3v) is 5.12. The number of fused-ring (bicyclic) bond motifs is 1. The second-order valence-electron chi connectivity index (χ2n) is 7.48. The number of ether oxygens (including phenoxy) is 1. The number of benzene rings is 1. The highest BCUT2D eigenvalue weighted by molar-refractivity contribution is 5.85. The van der Waals surface area contributed by atoms with Crippen LogP contribution in [0.15, 0.2) is 35.3 Å². The molecule has 1 aliphatic rings. The smallest absolute Gasteiger partial charge is 0.194 e. The van der Waals surface area contributed by atoms with Crippen LogP contribution >= 0.6 is 0 Å². The third-order valence-electron chi connectivity index (χ3n) is 5.12. The standard InChI is InChI=1S/C22H33N5O/c1-5-23-22(27-12-11-17(15-27)16-28-6-2)24-14-18-13-21(26(3)4)25-20-10-8-7-9-19(18)20/h7-10,13,17H,5-6,11-12,14-16H2,1-4H3,(H,23,24). The first-order chi connectivity index (χ1) is 13.6. The molecule has 1 unspecified atom stereocenters. The van der Waals surface area contributed by atoms with Crippen molar-refractivity contribution >= 4 is 22.7 Å². The molecule has 1 fully saturated rings. The summed E-state index contributed by atoms with van der Waals surface area (Å²) in [5.41, 5.74) is 2.22. The Balaban J connectivity index is 1.81. The van der Waals surface area contributed by atoms with E-state index in [1.165, 1.54) is 10.9 Å². The zero-order valence-electron chi connectivity index (χ0n) is 17.6. The number of guanidine groups is 1. The Morgan fingerprint density at radius 2 is 2.14 bits per heavy atom. The number of para-hydroxylation sites is 1. The van der Waals surface area contributed by atoms with E-state index in [2.05, 4.69) is 48.3 Å². The normalized spacial score (nSPS) is 17.4. The van der Waals surface area contributed by atoms with Gasteiger partial charge in [0.25, 0.3) is 0 Å². The lowest BCUT2D eigenvalue weighted by atomic mass is 10.1. The minimum atomic E-state index is 0.589. The van der Waals surface area contributed by atoms with Gasteiger partial charge in [-0.15, -0.1) is 0 Å². The van der Waals surface area contributed by atoms with E-state index in [-0.39, 0.29) is 0 Å². The van der Waals surface area contributed by atoms with Gasteiger partial charge in [0.05, 0.1) is 18.7 Å². The van der Waals surface area contributed by atoms with Gasteiger partial charge in [-0.05, 0) is 38.0 Å². The van der Waals surface area contributed by atoms with Crippen molar-refractivity contribution in [3.8, 4) is 0 Å². The lowest BCUT2D eigenvalue weighted by molar-refractivity contribution is 0.114. The molecule has 0 amide bonds. The summed E-state index contributed by atoms with van der Waals surface area (Å²) in [4.78, 5) is 14.1. The fraction of sp³-hybridized carbons (Fsp3) is 0.545. The maximum absolute atomic E-state index is 5.62. The number of nitrogens with zero attached hydrogens (tertiary/aromatic N) is 4. The van der Waals surface area contributed by atoms with Gasteiger partial charge in [-0.2, -0.15) is 0 Å². The highest BCUT2D eigenvalue weighted by atomic mass is 16.5. The van der Waals surface area contributed by atoms with Crippen LogP contribution in [0.1, 0.15) is 25.8 Å². The summed E-state index contributed by atoms with van der Waals surface area (Å²) in [5, 5.41) is 4.64. The highest BCUT2D eigenvalue weighted by Crippen LogP contribution is 2.23. The molecule has 152 valence electrons. The molecule has 6 nitrogen and oxygen atoms in total. The van der Waals surface area contributed by atoms with Crippen molar-refractivity contribution in [2.24, 2.45) is 10.9 Å². The number of rotatable bonds is 7. The Bertz CT molecular complexity index is 805. The molecule has 6 heteroatoms. The van der Waals surface area contributed by atoms with Crippen molar-refractivity contribution in [3.05, 3.63) is 35.9 Å². The van der Waals surface area contributed by atoms with Crippen LogP contribution in [0, 0.1) is 5.92 Å². The molecule has 0 bridgehead atoms. The van der Waals surface area contributed by atoms with Gasteiger partial charge in [0.1, 0.15) is 5.82 Å². The zero-order valence-corrected chi connectivity index (χ0v) is 17.6. The van der Waals surface area contributed by atoms with Gasteiger partial charge in [0, 0.05) is 51.6 Å². The third kappa shape index (κ3) is 4.93. The molecule has 1 aromatic carbocycles. The van der Waals surface area contributed by atoms with E-state index < -0.39 is 0 Å². The fourth-order valence-electron chi connectivity index (χ4n) is 3.62.